The average molecular weight is 310 g/mol. The van der Waals surface area contributed by atoms with Crippen LogP contribution in [0.25, 0.3) is 0 Å². The summed E-state index contributed by atoms with van der Waals surface area (Å²) >= 11 is 0. The van der Waals surface area contributed by atoms with Gasteiger partial charge in [0.25, 0.3) is 5.79 Å². The maximum absolute atomic E-state index is 11.2. The molecule has 0 spiro atoms. The van der Waals surface area contributed by atoms with Gasteiger partial charge in [-0.1, -0.05) is 0 Å². The van der Waals surface area contributed by atoms with Crippen LogP contribution in [0.1, 0.15) is 14.7 Å². The van der Waals surface area contributed by atoms with Crippen molar-refractivity contribution in [1.82, 2.24) is 5.32 Å². The number of nitrogens with one attached hydrogen (secondary N) is 1. The van der Waals surface area contributed by atoms with Crippen LogP contribution in [0.3, 0.4) is 0 Å². The third-order valence-electron chi connectivity index (χ3n) is 3.00. The second-order valence-corrected chi connectivity index (χ2v) is 4.72. The number of aliphatic hydroxyl groups is 5. The topological polar surface area (TPSA) is 177 Å². The smallest absolute Gasteiger partial charge is 0.364 e. The summed E-state index contributed by atoms with van der Waals surface area (Å²) < 4.78 is 12.8. The first kappa shape index (κ1) is 16.1. The number of hydrogen-bond donors (Lipinski definition) is 7. The number of carboxylic acid groups (broad SMARTS) is 1. The van der Waals surface area contributed by atoms with Crippen molar-refractivity contribution in [2.45, 2.75) is 49.6 Å². The average Bonchev–Trinajstić information content (AvgIpc) is 2.40. The van der Waals surface area contributed by atoms with Gasteiger partial charge in [-0.05, 0) is 0 Å². The molecule has 10 heteroatoms. The normalized spacial score (nSPS) is 40.0. The van der Waals surface area contributed by atoms with Crippen LogP contribution in [0.2, 0.25) is 0 Å². The van der Waals surface area contributed by atoms with Crippen molar-refractivity contribution in [3.63, 3.8) is 0 Å². The number of aliphatic carboxylic acids is 1. The number of hydrogen-bond acceptors (Lipinski definition) is 8. The van der Waals surface area contributed by atoms with Crippen LogP contribution in [-0.2, 0) is 14.3 Å². The fraction of sp³-hybridized carbons (Fsp3) is 0.818. The van der Waals surface area contributed by atoms with Crippen LogP contribution in [0.5, 0.6) is 0 Å². The Kier molecular flexibility index (Phi) is 5.08. The van der Waals surface area contributed by atoms with Gasteiger partial charge in [0, 0.05) is 13.3 Å². The number of rotatable bonds is 5. The third kappa shape index (κ3) is 3.87. The van der Waals surface area contributed by atoms with Gasteiger partial charge in [-0.25, -0.2) is 4.79 Å². The summed E-state index contributed by atoms with van der Waals surface area (Å²) in [6, 6.07) is -2.44. The zero-order chi connectivity index (χ0) is 17.3. The lowest BCUT2D eigenvalue weighted by molar-refractivity contribution is -0.295. The van der Waals surface area contributed by atoms with Crippen molar-refractivity contribution in [3.05, 3.63) is 0 Å². The van der Waals surface area contributed by atoms with E-state index in [0.29, 0.717) is 0 Å². The molecule has 0 aromatic rings. The molecule has 1 aliphatic rings. The van der Waals surface area contributed by atoms with E-state index in [9.17, 15) is 30.0 Å². The highest BCUT2D eigenvalue weighted by atomic mass is 16.7. The van der Waals surface area contributed by atoms with Crippen LogP contribution < -0.4 is 5.32 Å². The lowest BCUT2D eigenvalue weighted by Gasteiger charge is -2.44. The van der Waals surface area contributed by atoms with Crippen molar-refractivity contribution in [2.75, 3.05) is 6.61 Å². The van der Waals surface area contributed by atoms with Crippen LogP contribution in [0, 0.1) is 0 Å². The number of aliphatic hydroxyl groups excluding tert-OH is 4. The van der Waals surface area contributed by atoms with E-state index in [1.165, 1.54) is 0 Å². The summed E-state index contributed by atoms with van der Waals surface area (Å²) in [6.07, 6.45) is -8.83. The molecule has 7 N–H and O–H groups in total. The van der Waals surface area contributed by atoms with Crippen molar-refractivity contribution < 1.29 is 46.3 Å². The van der Waals surface area contributed by atoms with Gasteiger partial charge in [0.15, 0.2) is 0 Å². The molecular weight excluding hydrogens is 290 g/mol. The Bertz CT molecular complexity index is 449. The molecule has 10 nitrogen and oxygen atoms in total. The van der Waals surface area contributed by atoms with Gasteiger partial charge in [-0.3, -0.25) is 4.79 Å². The Morgan fingerprint density at radius 1 is 1.52 bits per heavy atom. The fourth-order valence-electron chi connectivity index (χ4n) is 1.94. The molecule has 0 bridgehead atoms. The second kappa shape index (κ2) is 6.64. The molecule has 1 rings (SSSR count). The zero-order valence-electron chi connectivity index (χ0n) is 12.1. The Hall–Kier alpha value is -1.30. The summed E-state index contributed by atoms with van der Waals surface area (Å²) in [4.78, 5) is 22.2. The Balaban J connectivity index is 3.24. The van der Waals surface area contributed by atoms with E-state index in [1.54, 1.807) is 0 Å². The van der Waals surface area contributed by atoms with Crippen LogP contribution in [-0.4, -0.2) is 85.3 Å². The van der Waals surface area contributed by atoms with Gasteiger partial charge >= 0.3 is 5.97 Å². The minimum Gasteiger partial charge on any atom is -0.477 e. The first-order valence-electron chi connectivity index (χ1n) is 6.55. The molecule has 0 aromatic carbocycles. The van der Waals surface area contributed by atoms with Gasteiger partial charge in [0.2, 0.25) is 5.91 Å². The summed E-state index contributed by atoms with van der Waals surface area (Å²) in [6.45, 7) is 0.0473. The lowest BCUT2D eigenvalue weighted by Crippen LogP contribution is -2.67. The molecule has 1 unspecified atom stereocenters. The molecule has 1 saturated heterocycles. The van der Waals surface area contributed by atoms with E-state index in [-0.39, 0.29) is 0 Å². The number of ether oxygens (including phenoxy) is 1. The SMILES string of the molecule is [2H][C@@]1(NC(C)=O)[C@@H](O)CC(O)(C(=O)O)O[C@H]1[C@H](O)[C@H](O)CO. The molecule has 0 radical (unpaired) electrons. The van der Waals surface area contributed by atoms with Crippen molar-refractivity contribution in [2.24, 2.45) is 0 Å². The first-order valence-corrected chi connectivity index (χ1v) is 6.05. The molecule has 122 valence electrons. The molecule has 1 aliphatic heterocycles. The highest BCUT2D eigenvalue weighted by Crippen LogP contribution is 2.30. The molecule has 21 heavy (non-hydrogen) atoms. The quantitative estimate of drug-likeness (QED) is 0.267. The summed E-state index contributed by atoms with van der Waals surface area (Å²) in [7, 11) is 0. The maximum Gasteiger partial charge on any atom is 0.364 e. The van der Waals surface area contributed by atoms with Gasteiger partial charge < -0.3 is 40.7 Å². The minimum atomic E-state index is -2.93. The highest BCUT2D eigenvalue weighted by Gasteiger charge is 2.53. The number of carbonyl (C=O) groups is 2. The van der Waals surface area contributed by atoms with Gasteiger partial charge in [0.05, 0.1) is 20.1 Å². The molecule has 0 saturated carbocycles. The zero-order valence-corrected chi connectivity index (χ0v) is 11.1. The highest BCUT2D eigenvalue weighted by molar-refractivity contribution is 5.76. The van der Waals surface area contributed by atoms with E-state index in [0.717, 1.165) is 6.92 Å². The predicted octanol–water partition coefficient (Wildman–Crippen LogP) is -3.87. The van der Waals surface area contributed by atoms with Crippen molar-refractivity contribution in [3.8, 4) is 0 Å². The van der Waals surface area contributed by atoms with Crippen molar-refractivity contribution >= 4 is 11.9 Å². The molecule has 0 aromatic heterocycles. The minimum absolute atomic E-state index is 0.797. The van der Waals surface area contributed by atoms with E-state index >= 15 is 0 Å². The van der Waals surface area contributed by atoms with Gasteiger partial charge in [0.1, 0.15) is 18.3 Å². The summed E-state index contributed by atoms with van der Waals surface area (Å²) in [5.74, 6) is -5.61. The molecule has 1 amide bonds. The van der Waals surface area contributed by atoms with Crippen LogP contribution in [0.4, 0.5) is 0 Å². The fourth-order valence-corrected chi connectivity index (χ4v) is 1.94. The molecule has 1 heterocycles. The van der Waals surface area contributed by atoms with Crippen LogP contribution in [0.15, 0.2) is 0 Å². The Morgan fingerprint density at radius 2 is 2.10 bits per heavy atom. The Labute approximate surface area is 121 Å². The van der Waals surface area contributed by atoms with Gasteiger partial charge in [-0.15, -0.1) is 0 Å². The molecule has 6 atom stereocenters. The number of carbonyl (C=O) groups excluding carboxylic acids is 1. The first-order chi connectivity index (χ1) is 9.97. The van der Waals surface area contributed by atoms with Crippen molar-refractivity contribution in [1.29, 1.82) is 0 Å². The maximum atomic E-state index is 11.2. The van der Waals surface area contributed by atoms with Crippen LogP contribution >= 0.6 is 0 Å². The largest absolute Gasteiger partial charge is 0.477 e. The lowest BCUT2D eigenvalue weighted by atomic mass is 9.88. The second-order valence-electron chi connectivity index (χ2n) is 4.72. The predicted molar refractivity (Wildman–Crippen MR) is 64.8 cm³/mol. The number of amides is 1. The van der Waals surface area contributed by atoms with Gasteiger partial charge in [-0.2, -0.15) is 0 Å². The number of carboxylic acids is 1. The standard InChI is InChI=1S/C11H19NO9/c1-4(14)12-7-5(15)2-11(20,10(18)19)21-9(7)8(17)6(16)3-13/h5-9,13,15-17,20H,2-3H2,1H3,(H,12,14)(H,18,19)/t5-,6+,7+,8+,9+,11?/m0/s1/i7D. The summed E-state index contributed by atoms with van der Waals surface area (Å²) in [5.41, 5.74) is 0. The molecule has 0 aliphatic carbocycles. The van der Waals surface area contributed by atoms with E-state index < -0.39 is 61.1 Å². The monoisotopic (exact) mass is 310 g/mol. The van der Waals surface area contributed by atoms with E-state index in [4.69, 9.17) is 16.3 Å². The van der Waals surface area contributed by atoms with E-state index in [1.807, 2.05) is 5.32 Å². The molecular formula is C11H19NO9. The Morgan fingerprint density at radius 3 is 2.52 bits per heavy atom. The molecule has 1 fully saturated rings. The summed E-state index contributed by atoms with van der Waals surface area (Å²) in [5, 5.41) is 58.9. The van der Waals surface area contributed by atoms with E-state index in [2.05, 4.69) is 0 Å². The third-order valence-corrected chi connectivity index (χ3v) is 3.00.